The molecule has 0 radical (unpaired) electrons. The monoisotopic (exact) mass is 323 g/mol. The zero-order valence-corrected chi connectivity index (χ0v) is 13.7. The van der Waals surface area contributed by atoms with Gasteiger partial charge in [0.1, 0.15) is 5.54 Å². The van der Waals surface area contributed by atoms with Crippen LogP contribution in [0.15, 0.2) is 18.2 Å². The Morgan fingerprint density at radius 1 is 1.36 bits per heavy atom. The molecule has 2 amide bonds. The molecular formula is C16H22ClN3O2. The van der Waals surface area contributed by atoms with Crippen molar-refractivity contribution >= 4 is 29.1 Å². The number of halogens is 1. The number of anilines is 1. The number of amides is 2. The lowest BCUT2D eigenvalue weighted by Gasteiger charge is -2.35. The van der Waals surface area contributed by atoms with Crippen molar-refractivity contribution in [2.75, 3.05) is 18.9 Å². The molecule has 0 aliphatic heterocycles. The summed E-state index contributed by atoms with van der Waals surface area (Å²) in [6.45, 7) is 2.01. The second-order valence-electron chi connectivity index (χ2n) is 5.97. The number of nitrogens with zero attached hydrogens (tertiary/aromatic N) is 1. The van der Waals surface area contributed by atoms with Crippen LogP contribution in [-0.4, -0.2) is 35.8 Å². The third-order valence-corrected chi connectivity index (χ3v) is 4.70. The summed E-state index contributed by atoms with van der Waals surface area (Å²) >= 11 is 5.90. The lowest BCUT2D eigenvalue weighted by atomic mass is 9.94. The van der Waals surface area contributed by atoms with Gasteiger partial charge in [0.05, 0.1) is 6.54 Å². The number of primary amides is 1. The number of benzene rings is 1. The van der Waals surface area contributed by atoms with Crippen LogP contribution in [0.4, 0.5) is 5.69 Å². The van der Waals surface area contributed by atoms with E-state index in [1.807, 2.05) is 6.92 Å². The van der Waals surface area contributed by atoms with Crippen LogP contribution in [0.25, 0.3) is 0 Å². The molecule has 1 aromatic rings. The number of aryl methyl sites for hydroxylation is 1. The first-order valence-corrected chi connectivity index (χ1v) is 7.80. The highest BCUT2D eigenvalue weighted by Gasteiger charge is 2.43. The van der Waals surface area contributed by atoms with Gasteiger partial charge in [0, 0.05) is 10.7 Å². The Morgan fingerprint density at radius 3 is 2.55 bits per heavy atom. The van der Waals surface area contributed by atoms with Crippen LogP contribution in [0, 0.1) is 6.92 Å². The molecule has 1 aliphatic carbocycles. The molecule has 2 rings (SSSR count). The number of rotatable bonds is 5. The van der Waals surface area contributed by atoms with Gasteiger partial charge in [-0.2, -0.15) is 0 Å². The summed E-state index contributed by atoms with van der Waals surface area (Å²) in [5.41, 5.74) is 6.51. The quantitative estimate of drug-likeness (QED) is 0.873. The third-order valence-electron chi connectivity index (χ3n) is 4.46. The third kappa shape index (κ3) is 3.42. The van der Waals surface area contributed by atoms with Crippen LogP contribution >= 0.6 is 11.6 Å². The van der Waals surface area contributed by atoms with E-state index in [4.69, 9.17) is 17.3 Å². The molecule has 1 aliphatic rings. The average Bonchev–Trinajstić information content (AvgIpc) is 2.92. The van der Waals surface area contributed by atoms with E-state index in [-0.39, 0.29) is 18.4 Å². The highest BCUT2D eigenvalue weighted by Crippen LogP contribution is 2.34. The fraction of sp³-hybridized carbons (Fsp3) is 0.500. The van der Waals surface area contributed by atoms with E-state index < -0.39 is 5.54 Å². The van der Waals surface area contributed by atoms with Crippen LogP contribution in [0.3, 0.4) is 0 Å². The van der Waals surface area contributed by atoms with Crippen molar-refractivity contribution in [3.8, 4) is 0 Å². The zero-order chi connectivity index (χ0) is 16.3. The summed E-state index contributed by atoms with van der Waals surface area (Å²) in [5, 5.41) is 3.49. The first-order chi connectivity index (χ1) is 10.3. The minimum atomic E-state index is -0.688. The number of carbonyl (C=O) groups excluding carboxylic acids is 2. The van der Waals surface area contributed by atoms with Crippen molar-refractivity contribution < 1.29 is 9.59 Å². The molecule has 0 bridgehead atoms. The Labute approximate surface area is 135 Å². The molecule has 22 heavy (non-hydrogen) atoms. The lowest BCUT2D eigenvalue weighted by molar-refractivity contribution is -0.130. The van der Waals surface area contributed by atoms with Crippen LogP contribution in [0.1, 0.15) is 31.2 Å². The van der Waals surface area contributed by atoms with Gasteiger partial charge in [-0.05, 0) is 50.6 Å². The molecule has 0 saturated heterocycles. The Kier molecular flexibility index (Phi) is 5.08. The number of nitrogens with one attached hydrogen (secondary N) is 1. The fourth-order valence-corrected chi connectivity index (χ4v) is 3.33. The number of hydrogen-bond acceptors (Lipinski definition) is 3. The number of carbonyl (C=O) groups is 2. The van der Waals surface area contributed by atoms with Gasteiger partial charge in [-0.3, -0.25) is 14.5 Å². The lowest BCUT2D eigenvalue weighted by Crippen LogP contribution is -2.56. The second kappa shape index (κ2) is 6.67. The topological polar surface area (TPSA) is 75.4 Å². The number of nitrogens with two attached hydrogens (primary N) is 1. The number of hydrogen-bond donors (Lipinski definition) is 2. The standard InChI is InChI=1S/C16H22ClN3O2/c1-11-9-12(17)5-6-13(11)19-14(21)10-20(2)16(15(18)22)7-3-4-8-16/h5-6,9H,3-4,7-8,10H2,1-2H3,(H2,18,22)(H,19,21). The van der Waals surface area contributed by atoms with Crippen molar-refractivity contribution in [1.82, 2.24) is 4.90 Å². The van der Waals surface area contributed by atoms with Gasteiger partial charge in [-0.1, -0.05) is 24.4 Å². The molecule has 5 nitrogen and oxygen atoms in total. The van der Waals surface area contributed by atoms with Crippen LogP contribution in [-0.2, 0) is 9.59 Å². The Morgan fingerprint density at radius 2 is 2.00 bits per heavy atom. The summed E-state index contributed by atoms with van der Waals surface area (Å²) in [6, 6.07) is 5.30. The molecule has 0 aromatic heterocycles. The normalized spacial score (nSPS) is 16.7. The maximum absolute atomic E-state index is 12.2. The van der Waals surface area contributed by atoms with Gasteiger partial charge >= 0.3 is 0 Å². The molecule has 0 spiro atoms. The van der Waals surface area contributed by atoms with Gasteiger partial charge in [0.25, 0.3) is 0 Å². The highest BCUT2D eigenvalue weighted by atomic mass is 35.5. The Hall–Kier alpha value is -1.59. The molecule has 1 saturated carbocycles. The maximum Gasteiger partial charge on any atom is 0.238 e. The van der Waals surface area contributed by atoms with Gasteiger partial charge in [-0.25, -0.2) is 0 Å². The minimum absolute atomic E-state index is 0.130. The van der Waals surface area contributed by atoms with E-state index in [2.05, 4.69) is 5.32 Å². The maximum atomic E-state index is 12.2. The van der Waals surface area contributed by atoms with Gasteiger partial charge in [0.2, 0.25) is 11.8 Å². The SMILES string of the molecule is Cc1cc(Cl)ccc1NC(=O)CN(C)C1(C(N)=O)CCCC1. The Bertz CT molecular complexity index is 583. The largest absolute Gasteiger partial charge is 0.368 e. The van der Waals surface area contributed by atoms with Gasteiger partial charge in [0.15, 0.2) is 0 Å². The molecule has 120 valence electrons. The van der Waals surface area contributed by atoms with Crippen molar-refractivity contribution in [3.05, 3.63) is 28.8 Å². The summed E-state index contributed by atoms with van der Waals surface area (Å²) in [7, 11) is 1.78. The van der Waals surface area contributed by atoms with E-state index in [9.17, 15) is 9.59 Å². The molecular weight excluding hydrogens is 302 g/mol. The summed E-state index contributed by atoms with van der Waals surface area (Å²) < 4.78 is 0. The highest BCUT2D eigenvalue weighted by molar-refractivity contribution is 6.30. The molecule has 1 aromatic carbocycles. The molecule has 0 atom stereocenters. The number of likely N-dealkylation sites (N-methyl/N-ethyl adjacent to an activating group) is 1. The van der Waals surface area contributed by atoms with Crippen LogP contribution in [0.5, 0.6) is 0 Å². The van der Waals surface area contributed by atoms with E-state index in [1.165, 1.54) is 0 Å². The predicted octanol–water partition coefficient (Wildman–Crippen LogP) is 2.32. The summed E-state index contributed by atoms with van der Waals surface area (Å²) in [4.78, 5) is 25.9. The van der Waals surface area contributed by atoms with E-state index in [0.29, 0.717) is 17.9 Å². The van der Waals surface area contributed by atoms with Crippen molar-refractivity contribution in [2.24, 2.45) is 5.73 Å². The van der Waals surface area contributed by atoms with E-state index in [1.54, 1.807) is 30.1 Å². The van der Waals surface area contributed by atoms with Crippen LogP contribution < -0.4 is 11.1 Å². The van der Waals surface area contributed by atoms with Gasteiger partial charge in [-0.15, -0.1) is 0 Å². The van der Waals surface area contributed by atoms with Crippen LogP contribution in [0.2, 0.25) is 5.02 Å². The summed E-state index contributed by atoms with van der Waals surface area (Å²) in [6.07, 6.45) is 3.36. The van der Waals surface area contributed by atoms with Crippen molar-refractivity contribution in [2.45, 2.75) is 38.1 Å². The molecule has 1 fully saturated rings. The fourth-order valence-electron chi connectivity index (χ4n) is 3.10. The smallest absolute Gasteiger partial charge is 0.238 e. The average molecular weight is 324 g/mol. The van der Waals surface area contributed by atoms with Crippen molar-refractivity contribution in [3.63, 3.8) is 0 Å². The van der Waals surface area contributed by atoms with E-state index in [0.717, 1.165) is 24.1 Å². The predicted molar refractivity (Wildman–Crippen MR) is 87.8 cm³/mol. The second-order valence-corrected chi connectivity index (χ2v) is 6.40. The molecule has 0 unspecified atom stereocenters. The molecule has 0 heterocycles. The zero-order valence-electron chi connectivity index (χ0n) is 13.0. The molecule has 3 N–H and O–H groups in total. The van der Waals surface area contributed by atoms with Crippen molar-refractivity contribution in [1.29, 1.82) is 0 Å². The molecule has 6 heteroatoms. The first kappa shape index (κ1) is 16.8. The van der Waals surface area contributed by atoms with E-state index >= 15 is 0 Å². The van der Waals surface area contributed by atoms with Gasteiger partial charge < -0.3 is 11.1 Å². The first-order valence-electron chi connectivity index (χ1n) is 7.42. The minimum Gasteiger partial charge on any atom is -0.368 e. The summed E-state index contributed by atoms with van der Waals surface area (Å²) in [5.74, 6) is -0.511. The Balaban J connectivity index is 2.03.